The van der Waals surface area contributed by atoms with Crippen molar-refractivity contribution in [2.45, 2.75) is 13.8 Å². The van der Waals surface area contributed by atoms with Gasteiger partial charge in [-0.3, -0.25) is 24.6 Å². The van der Waals surface area contributed by atoms with Gasteiger partial charge in [-0.1, -0.05) is 30.3 Å². The molecule has 8 nitrogen and oxygen atoms in total. The zero-order valence-corrected chi connectivity index (χ0v) is 16.6. The predicted molar refractivity (Wildman–Crippen MR) is 110 cm³/mol. The van der Waals surface area contributed by atoms with Gasteiger partial charge in [0.05, 0.1) is 11.5 Å². The third-order valence-corrected chi connectivity index (χ3v) is 5.10. The smallest absolute Gasteiger partial charge is 0.282 e. The van der Waals surface area contributed by atoms with Gasteiger partial charge in [0.2, 0.25) is 5.91 Å². The van der Waals surface area contributed by atoms with Crippen molar-refractivity contribution in [3.05, 3.63) is 69.3 Å². The van der Waals surface area contributed by atoms with Crippen LogP contribution in [0, 0.1) is 24.0 Å². The average molecular weight is 396 g/mol. The van der Waals surface area contributed by atoms with E-state index in [1.165, 1.54) is 12.1 Å². The van der Waals surface area contributed by atoms with Gasteiger partial charge in [0.15, 0.2) is 0 Å². The van der Waals surface area contributed by atoms with Crippen molar-refractivity contribution < 1.29 is 14.5 Å². The number of amides is 2. The lowest BCUT2D eigenvalue weighted by Crippen LogP contribution is -2.50. The lowest BCUT2D eigenvalue weighted by Gasteiger charge is -2.34. The summed E-state index contributed by atoms with van der Waals surface area (Å²) < 4.78 is 0. The summed E-state index contributed by atoms with van der Waals surface area (Å²) in [6.45, 7) is 6.05. The van der Waals surface area contributed by atoms with Crippen molar-refractivity contribution in [1.82, 2.24) is 9.80 Å². The topological polar surface area (TPSA) is 95.8 Å². The maximum Gasteiger partial charge on any atom is 0.282 e. The second kappa shape index (κ2) is 8.83. The number of carbonyl (C=O) groups excluding carboxylic acids is 2. The third kappa shape index (κ3) is 4.78. The number of aryl methyl sites for hydroxylation is 2. The van der Waals surface area contributed by atoms with E-state index in [0.717, 1.165) is 16.8 Å². The first-order valence-electron chi connectivity index (χ1n) is 9.48. The van der Waals surface area contributed by atoms with Crippen molar-refractivity contribution in [2.75, 3.05) is 38.0 Å². The average Bonchev–Trinajstić information content (AvgIpc) is 2.71. The fourth-order valence-corrected chi connectivity index (χ4v) is 3.49. The summed E-state index contributed by atoms with van der Waals surface area (Å²) in [4.78, 5) is 39.3. The van der Waals surface area contributed by atoms with E-state index in [0.29, 0.717) is 26.2 Å². The van der Waals surface area contributed by atoms with Gasteiger partial charge in [0.25, 0.3) is 11.6 Å². The lowest BCUT2D eigenvalue weighted by molar-refractivity contribution is -0.385. The fraction of sp³-hybridized carbons (Fsp3) is 0.333. The molecule has 8 heteroatoms. The van der Waals surface area contributed by atoms with Crippen LogP contribution in [-0.4, -0.2) is 59.3 Å². The van der Waals surface area contributed by atoms with Gasteiger partial charge in [0.1, 0.15) is 5.56 Å². The number of nitro groups is 1. The molecule has 1 aliphatic heterocycles. The molecule has 0 radical (unpaired) electrons. The SMILES string of the molecule is Cc1cccc(C)c1NC(=O)CN1CCN(C(=O)c2ccccc2[N+](=O)[O-])CC1. The van der Waals surface area contributed by atoms with Crippen LogP contribution in [-0.2, 0) is 4.79 Å². The quantitative estimate of drug-likeness (QED) is 0.619. The number of hydrogen-bond donors (Lipinski definition) is 1. The Balaban J connectivity index is 1.56. The molecule has 0 spiro atoms. The van der Waals surface area contributed by atoms with E-state index < -0.39 is 4.92 Å². The highest BCUT2D eigenvalue weighted by Gasteiger charge is 2.27. The van der Waals surface area contributed by atoms with Crippen LogP contribution in [0.4, 0.5) is 11.4 Å². The Bertz CT molecular complexity index is 916. The molecule has 1 aliphatic rings. The second-order valence-corrected chi connectivity index (χ2v) is 7.16. The van der Waals surface area contributed by atoms with E-state index in [1.807, 2.05) is 36.9 Å². The fourth-order valence-electron chi connectivity index (χ4n) is 3.49. The van der Waals surface area contributed by atoms with Gasteiger partial charge in [-0.15, -0.1) is 0 Å². The van der Waals surface area contributed by atoms with Crippen molar-refractivity contribution in [1.29, 1.82) is 0 Å². The standard InChI is InChI=1S/C21H24N4O4/c1-15-6-5-7-16(2)20(15)22-19(26)14-23-10-12-24(13-11-23)21(27)17-8-3-4-9-18(17)25(28)29/h3-9H,10-14H2,1-2H3,(H,22,26). The maximum absolute atomic E-state index is 12.7. The van der Waals surface area contributed by atoms with Gasteiger partial charge >= 0.3 is 0 Å². The Morgan fingerprint density at radius 3 is 2.24 bits per heavy atom. The summed E-state index contributed by atoms with van der Waals surface area (Å²) >= 11 is 0. The van der Waals surface area contributed by atoms with E-state index in [-0.39, 0.29) is 29.6 Å². The minimum Gasteiger partial charge on any atom is -0.336 e. The Hall–Kier alpha value is -3.26. The summed E-state index contributed by atoms with van der Waals surface area (Å²) in [6, 6.07) is 11.8. The molecule has 0 aromatic heterocycles. The van der Waals surface area contributed by atoms with E-state index in [9.17, 15) is 19.7 Å². The molecule has 2 amide bonds. The highest BCUT2D eigenvalue weighted by molar-refractivity contribution is 5.98. The zero-order chi connectivity index (χ0) is 21.0. The van der Waals surface area contributed by atoms with E-state index in [2.05, 4.69) is 5.32 Å². The predicted octanol–water partition coefficient (Wildman–Crippen LogP) is 2.61. The molecule has 3 rings (SSSR count). The monoisotopic (exact) mass is 396 g/mol. The largest absolute Gasteiger partial charge is 0.336 e. The minimum atomic E-state index is -0.540. The molecule has 0 bridgehead atoms. The third-order valence-electron chi connectivity index (χ3n) is 5.10. The van der Waals surface area contributed by atoms with Crippen LogP contribution in [0.2, 0.25) is 0 Å². The zero-order valence-electron chi connectivity index (χ0n) is 16.6. The van der Waals surface area contributed by atoms with Crippen molar-refractivity contribution in [2.24, 2.45) is 0 Å². The summed E-state index contributed by atoms with van der Waals surface area (Å²) in [5.41, 5.74) is 2.77. The van der Waals surface area contributed by atoms with Crippen molar-refractivity contribution in [3.63, 3.8) is 0 Å². The van der Waals surface area contributed by atoms with Gasteiger partial charge in [-0.2, -0.15) is 0 Å². The molecule has 0 unspecified atom stereocenters. The molecule has 152 valence electrons. The second-order valence-electron chi connectivity index (χ2n) is 7.16. The highest BCUT2D eigenvalue weighted by Crippen LogP contribution is 2.21. The Labute approximate surface area is 169 Å². The first-order chi connectivity index (χ1) is 13.9. The Kier molecular flexibility index (Phi) is 6.23. The van der Waals surface area contributed by atoms with Crippen LogP contribution in [0.3, 0.4) is 0 Å². The van der Waals surface area contributed by atoms with E-state index in [1.54, 1.807) is 17.0 Å². The number of nitrogens with zero attached hydrogens (tertiary/aromatic N) is 3. The summed E-state index contributed by atoms with van der Waals surface area (Å²) in [5.74, 6) is -0.446. The summed E-state index contributed by atoms with van der Waals surface area (Å²) in [7, 11) is 0. The number of rotatable bonds is 5. The first kappa shape index (κ1) is 20.5. The van der Waals surface area contributed by atoms with Gasteiger partial charge in [0, 0.05) is 37.9 Å². The van der Waals surface area contributed by atoms with Gasteiger partial charge in [-0.05, 0) is 31.0 Å². The summed E-state index contributed by atoms with van der Waals surface area (Å²) in [6.07, 6.45) is 0. The van der Waals surface area contributed by atoms with Crippen LogP contribution < -0.4 is 5.32 Å². The molecule has 0 saturated carbocycles. The number of nitro benzene ring substituents is 1. The highest BCUT2D eigenvalue weighted by atomic mass is 16.6. The van der Waals surface area contributed by atoms with E-state index >= 15 is 0 Å². The first-order valence-corrected chi connectivity index (χ1v) is 9.48. The molecule has 1 heterocycles. The molecule has 1 saturated heterocycles. The van der Waals surface area contributed by atoms with Crippen molar-refractivity contribution >= 4 is 23.2 Å². The Morgan fingerprint density at radius 1 is 1.00 bits per heavy atom. The van der Waals surface area contributed by atoms with E-state index in [4.69, 9.17) is 0 Å². The number of para-hydroxylation sites is 2. The molecule has 29 heavy (non-hydrogen) atoms. The minimum absolute atomic E-state index is 0.0960. The van der Waals surface area contributed by atoms with Crippen LogP contribution in [0.1, 0.15) is 21.5 Å². The Morgan fingerprint density at radius 2 is 1.62 bits per heavy atom. The number of nitrogens with one attached hydrogen (secondary N) is 1. The number of hydrogen-bond acceptors (Lipinski definition) is 5. The van der Waals surface area contributed by atoms with Gasteiger partial charge in [-0.25, -0.2) is 0 Å². The van der Waals surface area contributed by atoms with Gasteiger partial charge < -0.3 is 10.2 Å². The molecule has 2 aromatic carbocycles. The maximum atomic E-state index is 12.7. The number of carbonyl (C=O) groups is 2. The molecule has 1 N–H and O–H groups in total. The molecule has 0 atom stereocenters. The number of benzene rings is 2. The van der Waals surface area contributed by atoms with Crippen LogP contribution >= 0.6 is 0 Å². The number of anilines is 1. The molecule has 0 aliphatic carbocycles. The van der Waals surface area contributed by atoms with Crippen LogP contribution in [0.5, 0.6) is 0 Å². The van der Waals surface area contributed by atoms with Crippen LogP contribution in [0.25, 0.3) is 0 Å². The van der Waals surface area contributed by atoms with Crippen LogP contribution in [0.15, 0.2) is 42.5 Å². The van der Waals surface area contributed by atoms with Crippen molar-refractivity contribution in [3.8, 4) is 0 Å². The molecule has 1 fully saturated rings. The molecule has 2 aromatic rings. The molecular formula is C21H24N4O4. The normalized spacial score (nSPS) is 14.5. The number of piperazine rings is 1. The molecular weight excluding hydrogens is 372 g/mol. The lowest BCUT2D eigenvalue weighted by atomic mass is 10.1. The summed E-state index contributed by atoms with van der Waals surface area (Å²) in [5, 5.41) is 14.1.